The zero-order valence-electron chi connectivity index (χ0n) is 25.7. The highest BCUT2D eigenvalue weighted by Crippen LogP contribution is 2.48. The van der Waals surface area contributed by atoms with Crippen molar-refractivity contribution in [2.75, 3.05) is 19.8 Å². The molecule has 0 aliphatic carbocycles. The Hall–Kier alpha value is -3.13. The van der Waals surface area contributed by atoms with E-state index in [9.17, 15) is 45.6 Å². The number of fused-ring (bicyclic) bond motifs is 6. The molecular weight excluding hydrogens is 636 g/mol. The molecule has 1 aromatic carbocycles. The molecule has 16 nitrogen and oxygen atoms in total. The quantitative estimate of drug-likeness (QED) is 0.140. The predicted molar refractivity (Wildman–Crippen MR) is 160 cm³/mol. The van der Waals surface area contributed by atoms with E-state index in [4.69, 9.17) is 23.7 Å². The van der Waals surface area contributed by atoms with Crippen molar-refractivity contribution in [3.05, 3.63) is 53.9 Å². The van der Waals surface area contributed by atoms with Crippen LogP contribution in [0.2, 0.25) is 0 Å². The fraction of sp³-hybridized carbons (Fsp3) is 0.594. The molecule has 7 rings (SSSR count). The second-order valence-corrected chi connectivity index (χ2v) is 12.9. The molecule has 0 radical (unpaired) electrons. The molecule has 0 unspecified atom stereocenters. The Morgan fingerprint density at radius 3 is 2.25 bits per heavy atom. The maximum Gasteiger partial charge on any atom is 0.253 e. The molecule has 9 N–H and O–H groups in total. The van der Waals surface area contributed by atoms with Crippen molar-refractivity contribution >= 4 is 16.8 Å². The van der Waals surface area contributed by atoms with Crippen LogP contribution in [0.15, 0.2) is 42.7 Å². The standard InChI is InChI=1S/C32H40N2O14/c1-2-13-15-8-19-22-14(16-7-12(3-4-18(16)33-22)45-31-27(41)25(39)23(37)20(9-35)46-31)5-6-34(19)29(43)17(15)11-44-30(13)48-32-28(42)26(40)24(38)21(10-36)47-32/h2-4,7,11,13,15,19-21,23-28,30-33,35-42H,1,5-6,8-10H2/t13-,15+,19-,20-,21-,23-,24-,25+,26+,27-,28-,30+,31-,32+/m1/s1. The van der Waals surface area contributed by atoms with Gasteiger partial charge in [0.2, 0.25) is 12.6 Å². The zero-order chi connectivity index (χ0) is 34.0. The number of aliphatic hydroxyl groups is 8. The number of rotatable bonds is 7. The monoisotopic (exact) mass is 676 g/mol. The first-order valence-electron chi connectivity index (χ1n) is 15.9. The molecule has 1 amide bonds. The normalized spacial score (nSPS) is 41.1. The van der Waals surface area contributed by atoms with Gasteiger partial charge in [0.1, 0.15) is 54.6 Å². The molecule has 2 aromatic rings. The molecule has 14 atom stereocenters. The van der Waals surface area contributed by atoms with Gasteiger partial charge in [-0.15, -0.1) is 6.58 Å². The number of aromatic nitrogens is 1. The van der Waals surface area contributed by atoms with E-state index in [-0.39, 0.29) is 11.9 Å². The van der Waals surface area contributed by atoms with E-state index in [1.165, 1.54) is 6.26 Å². The number of ether oxygens (including phenoxy) is 5. The molecule has 1 aromatic heterocycles. The topological polar surface area (TPSA) is 244 Å². The molecule has 3 fully saturated rings. The molecule has 6 heterocycles. The Kier molecular flexibility index (Phi) is 9.01. The van der Waals surface area contributed by atoms with Crippen LogP contribution in [0.3, 0.4) is 0 Å². The first kappa shape index (κ1) is 33.4. The summed E-state index contributed by atoms with van der Waals surface area (Å²) in [6.45, 7) is 3.18. The number of carbonyl (C=O) groups is 1. The maximum absolute atomic E-state index is 13.8. The number of hydrogen-bond donors (Lipinski definition) is 9. The second kappa shape index (κ2) is 13.0. The van der Waals surface area contributed by atoms with E-state index in [2.05, 4.69) is 11.6 Å². The Bertz CT molecular complexity index is 1560. The average Bonchev–Trinajstić information content (AvgIpc) is 3.47. The van der Waals surface area contributed by atoms with Crippen molar-refractivity contribution in [3.8, 4) is 5.75 Å². The van der Waals surface area contributed by atoms with Gasteiger partial charge in [-0.25, -0.2) is 0 Å². The van der Waals surface area contributed by atoms with E-state index in [1.807, 2.05) is 0 Å². The van der Waals surface area contributed by atoms with Gasteiger partial charge in [0, 0.05) is 35.0 Å². The Morgan fingerprint density at radius 1 is 0.917 bits per heavy atom. The summed E-state index contributed by atoms with van der Waals surface area (Å²) in [6, 6.07) is 4.87. The summed E-state index contributed by atoms with van der Waals surface area (Å²) in [7, 11) is 0. The van der Waals surface area contributed by atoms with Crippen LogP contribution >= 0.6 is 0 Å². The average molecular weight is 677 g/mol. The van der Waals surface area contributed by atoms with Crippen molar-refractivity contribution < 1.29 is 69.3 Å². The number of nitrogens with one attached hydrogen (secondary N) is 1. The molecule has 0 saturated carbocycles. The van der Waals surface area contributed by atoms with Gasteiger partial charge in [-0.05, 0) is 36.6 Å². The SMILES string of the molecule is C=C[C@H]1[C@H](O[C@@H]2O[C@H](CO)[C@@H](O)[C@H](O)[C@H]2O)OC=C2C(=O)N3CCc4c([nH]c5ccc(O[C@@H]6O[C@H](CO)[C@@H](O)[C@H](O)[C@H]6O)cc45)[C@H]3C[C@H]21. The molecule has 262 valence electrons. The van der Waals surface area contributed by atoms with E-state index in [0.29, 0.717) is 30.7 Å². The van der Waals surface area contributed by atoms with Crippen LogP contribution in [-0.2, 0) is 30.2 Å². The van der Waals surface area contributed by atoms with E-state index < -0.39 is 92.8 Å². The third-order valence-corrected chi connectivity index (χ3v) is 10.2. The van der Waals surface area contributed by atoms with Gasteiger partial charge < -0.3 is 74.4 Å². The van der Waals surface area contributed by atoms with Gasteiger partial charge in [-0.3, -0.25) is 4.79 Å². The summed E-state index contributed by atoms with van der Waals surface area (Å²) in [4.78, 5) is 19.1. The first-order chi connectivity index (χ1) is 23.1. The van der Waals surface area contributed by atoms with Gasteiger partial charge in [0.15, 0.2) is 6.29 Å². The summed E-state index contributed by atoms with van der Waals surface area (Å²) in [5.74, 6) is -0.852. The molecule has 48 heavy (non-hydrogen) atoms. The third-order valence-electron chi connectivity index (χ3n) is 10.2. The van der Waals surface area contributed by atoms with Crippen LogP contribution in [0.5, 0.6) is 5.75 Å². The molecular formula is C32H40N2O14. The second-order valence-electron chi connectivity index (χ2n) is 12.9. The number of carbonyl (C=O) groups excluding carboxylic acids is 1. The summed E-state index contributed by atoms with van der Waals surface area (Å²) in [5, 5.41) is 81.5. The highest BCUT2D eigenvalue weighted by atomic mass is 16.8. The number of H-pyrrole nitrogens is 1. The Labute approximate surface area is 274 Å². The van der Waals surface area contributed by atoms with Gasteiger partial charge in [0.05, 0.1) is 31.1 Å². The van der Waals surface area contributed by atoms with E-state index >= 15 is 0 Å². The van der Waals surface area contributed by atoms with Crippen LogP contribution < -0.4 is 4.74 Å². The molecule has 5 aliphatic rings. The van der Waals surface area contributed by atoms with Gasteiger partial charge in [-0.2, -0.15) is 0 Å². The maximum atomic E-state index is 13.8. The highest BCUT2D eigenvalue weighted by molar-refractivity contribution is 5.96. The van der Waals surface area contributed by atoms with E-state index in [0.717, 1.165) is 22.2 Å². The lowest BCUT2D eigenvalue weighted by molar-refractivity contribution is -0.339. The van der Waals surface area contributed by atoms with Crippen molar-refractivity contribution in [1.82, 2.24) is 9.88 Å². The molecule has 3 saturated heterocycles. The van der Waals surface area contributed by atoms with Gasteiger partial charge >= 0.3 is 0 Å². The largest absolute Gasteiger partial charge is 0.471 e. The lowest BCUT2D eigenvalue weighted by Gasteiger charge is -2.48. The Balaban J connectivity index is 1.13. The fourth-order valence-electron chi connectivity index (χ4n) is 7.53. The van der Waals surface area contributed by atoms with Crippen LogP contribution in [0.4, 0.5) is 0 Å². The minimum Gasteiger partial charge on any atom is -0.471 e. The number of piperidine rings is 1. The van der Waals surface area contributed by atoms with Crippen molar-refractivity contribution in [1.29, 1.82) is 0 Å². The number of amides is 1. The summed E-state index contributed by atoms with van der Waals surface area (Å²) >= 11 is 0. The van der Waals surface area contributed by atoms with Crippen LogP contribution in [0.1, 0.15) is 23.7 Å². The number of aromatic amines is 1. The lowest BCUT2D eigenvalue weighted by Crippen LogP contribution is -2.60. The van der Waals surface area contributed by atoms with Gasteiger partial charge in [0.25, 0.3) is 5.91 Å². The third kappa shape index (κ3) is 5.41. The van der Waals surface area contributed by atoms with Crippen LogP contribution in [0.25, 0.3) is 10.9 Å². The summed E-state index contributed by atoms with van der Waals surface area (Å²) < 4.78 is 28.6. The molecule has 5 aliphatic heterocycles. The molecule has 0 bridgehead atoms. The molecule has 16 heteroatoms. The van der Waals surface area contributed by atoms with Crippen LogP contribution in [0, 0.1) is 11.8 Å². The zero-order valence-corrected chi connectivity index (χ0v) is 25.7. The smallest absolute Gasteiger partial charge is 0.253 e. The van der Waals surface area contributed by atoms with E-state index in [1.54, 1.807) is 29.2 Å². The fourth-order valence-corrected chi connectivity index (χ4v) is 7.53. The minimum atomic E-state index is -1.63. The minimum absolute atomic E-state index is 0.203. The van der Waals surface area contributed by atoms with Crippen molar-refractivity contribution in [2.24, 2.45) is 11.8 Å². The van der Waals surface area contributed by atoms with Crippen LogP contribution in [-0.4, -0.2) is 144 Å². The number of benzene rings is 1. The Morgan fingerprint density at radius 2 is 1.58 bits per heavy atom. The lowest BCUT2D eigenvalue weighted by atomic mass is 9.74. The van der Waals surface area contributed by atoms with Crippen molar-refractivity contribution in [2.45, 2.75) is 86.6 Å². The predicted octanol–water partition coefficient (Wildman–Crippen LogP) is -2.35. The number of aliphatic hydroxyl groups excluding tert-OH is 8. The summed E-state index contributed by atoms with van der Waals surface area (Å²) in [5.41, 5.74) is 3.05. The number of hydrogen-bond acceptors (Lipinski definition) is 14. The number of nitrogens with zero attached hydrogens (tertiary/aromatic N) is 1. The highest BCUT2D eigenvalue weighted by Gasteiger charge is 2.51. The van der Waals surface area contributed by atoms with Gasteiger partial charge in [-0.1, -0.05) is 6.08 Å². The summed E-state index contributed by atoms with van der Waals surface area (Å²) in [6.07, 6.45) is -11.6. The first-order valence-corrected chi connectivity index (χ1v) is 15.9. The van der Waals surface area contributed by atoms with Crippen molar-refractivity contribution in [3.63, 3.8) is 0 Å². The molecule has 0 spiro atoms.